The summed E-state index contributed by atoms with van der Waals surface area (Å²) in [5, 5.41) is 11.4. The molecule has 0 unspecified atom stereocenters. The molecule has 0 atom stereocenters. The highest BCUT2D eigenvalue weighted by atomic mass is 16.4. The standard InChI is InChI=1S/C16H20N2O4/c1-18(10-2-3-14(19)20)16(22)12-6-8-13(9-7-12)17-15(21)11-4-5-11/h6-9,11H,2-5,10H2,1H3,(H,17,21)(H,19,20). The van der Waals surface area contributed by atoms with Gasteiger partial charge in [-0.3, -0.25) is 14.4 Å². The monoisotopic (exact) mass is 304 g/mol. The molecule has 6 heteroatoms. The van der Waals surface area contributed by atoms with Crippen molar-refractivity contribution >= 4 is 23.5 Å². The fourth-order valence-electron chi connectivity index (χ4n) is 2.08. The quantitative estimate of drug-likeness (QED) is 0.806. The first-order valence-electron chi connectivity index (χ1n) is 7.35. The summed E-state index contributed by atoms with van der Waals surface area (Å²) >= 11 is 0. The van der Waals surface area contributed by atoms with Gasteiger partial charge in [-0.15, -0.1) is 0 Å². The maximum atomic E-state index is 12.2. The molecule has 1 fully saturated rings. The lowest BCUT2D eigenvalue weighted by Crippen LogP contribution is -2.28. The van der Waals surface area contributed by atoms with Crippen LogP contribution in [0.15, 0.2) is 24.3 Å². The number of hydrogen-bond acceptors (Lipinski definition) is 3. The molecule has 0 aromatic heterocycles. The van der Waals surface area contributed by atoms with Gasteiger partial charge in [-0.2, -0.15) is 0 Å². The number of rotatable bonds is 7. The number of nitrogens with one attached hydrogen (secondary N) is 1. The molecule has 0 saturated heterocycles. The number of aliphatic carboxylic acids is 1. The van der Waals surface area contributed by atoms with Crippen LogP contribution in [0, 0.1) is 5.92 Å². The molecule has 0 spiro atoms. The fourth-order valence-corrected chi connectivity index (χ4v) is 2.08. The number of anilines is 1. The Morgan fingerprint density at radius 3 is 2.41 bits per heavy atom. The third kappa shape index (κ3) is 4.58. The zero-order chi connectivity index (χ0) is 16.1. The van der Waals surface area contributed by atoms with E-state index in [1.54, 1.807) is 31.3 Å². The summed E-state index contributed by atoms with van der Waals surface area (Å²) in [7, 11) is 1.65. The summed E-state index contributed by atoms with van der Waals surface area (Å²) in [5.74, 6) is -0.853. The van der Waals surface area contributed by atoms with Gasteiger partial charge in [0.25, 0.3) is 5.91 Å². The molecular formula is C16H20N2O4. The lowest BCUT2D eigenvalue weighted by atomic mass is 10.1. The van der Waals surface area contributed by atoms with Crippen molar-refractivity contribution in [3.63, 3.8) is 0 Å². The van der Waals surface area contributed by atoms with Crippen molar-refractivity contribution in [1.82, 2.24) is 4.90 Å². The van der Waals surface area contributed by atoms with Crippen molar-refractivity contribution in [3.8, 4) is 0 Å². The Morgan fingerprint density at radius 1 is 1.23 bits per heavy atom. The van der Waals surface area contributed by atoms with Gasteiger partial charge < -0.3 is 15.3 Å². The van der Waals surface area contributed by atoms with Crippen molar-refractivity contribution in [2.24, 2.45) is 5.92 Å². The van der Waals surface area contributed by atoms with Gasteiger partial charge in [0, 0.05) is 37.2 Å². The number of amides is 2. The number of carbonyl (C=O) groups excluding carboxylic acids is 2. The molecule has 2 amide bonds. The van der Waals surface area contributed by atoms with Crippen LogP contribution in [0.2, 0.25) is 0 Å². The summed E-state index contributed by atoms with van der Waals surface area (Å²) in [6.45, 7) is 0.394. The molecule has 1 saturated carbocycles. The van der Waals surface area contributed by atoms with Crippen LogP contribution >= 0.6 is 0 Å². The minimum absolute atomic E-state index is 0.0323. The molecule has 2 N–H and O–H groups in total. The van der Waals surface area contributed by atoms with E-state index in [-0.39, 0.29) is 24.2 Å². The van der Waals surface area contributed by atoms with Crippen LogP contribution < -0.4 is 5.32 Å². The number of carbonyl (C=O) groups is 3. The Hall–Kier alpha value is -2.37. The fraction of sp³-hybridized carbons (Fsp3) is 0.438. The van der Waals surface area contributed by atoms with Crippen molar-refractivity contribution in [2.75, 3.05) is 18.9 Å². The largest absolute Gasteiger partial charge is 0.481 e. The predicted molar refractivity (Wildman–Crippen MR) is 81.6 cm³/mol. The van der Waals surface area contributed by atoms with Gasteiger partial charge in [0.1, 0.15) is 0 Å². The lowest BCUT2D eigenvalue weighted by Gasteiger charge is -2.17. The Balaban J connectivity index is 1.86. The minimum atomic E-state index is -0.864. The van der Waals surface area contributed by atoms with Crippen LogP contribution in [-0.4, -0.2) is 41.4 Å². The maximum Gasteiger partial charge on any atom is 0.303 e. The van der Waals surface area contributed by atoms with Gasteiger partial charge in [-0.05, 0) is 43.5 Å². The molecule has 0 radical (unpaired) electrons. The summed E-state index contributed by atoms with van der Waals surface area (Å²) in [4.78, 5) is 35.8. The van der Waals surface area contributed by atoms with Crippen LogP contribution in [0.4, 0.5) is 5.69 Å². The Morgan fingerprint density at radius 2 is 1.86 bits per heavy atom. The molecule has 0 heterocycles. The van der Waals surface area contributed by atoms with Crippen molar-refractivity contribution in [2.45, 2.75) is 25.7 Å². The first-order chi connectivity index (χ1) is 10.5. The molecule has 0 aliphatic heterocycles. The topological polar surface area (TPSA) is 86.7 Å². The lowest BCUT2D eigenvalue weighted by molar-refractivity contribution is -0.137. The third-order valence-electron chi connectivity index (χ3n) is 3.58. The SMILES string of the molecule is CN(CCCC(=O)O)C(=O)c1ccc(NC(=O)C2CC2)cc1. The molecule has 0 bridgehead atoms. The molecule has 1 aromatic rings. The van der Waals surface area contributed by atoms with Gasteiger partial charge in [-0.25, -0.2) is 0 Å². The second-order valence-corrected chi connectivity index (χ2v) is 5.56. The van der Waals surface area contributed by atoms with Gasteiger partial charge in [-0.1, -0.05) is 0 Å². The Labute approximate surface area is 129 Å². The van der Waals surface area contributed by atoms with E-state index in [2.05, 4.69) is 5.32 Å². The van der Waals surface area contributed by atoms with Crippen LogP contribution in [0.1, 0.15) is 36.0 Å². The van der Waals surface area contributed by atoms with Crippen LogP contribution in [-0.2, 0) is 9.59 Å². The summed E-state index contributed by atoms with van der Waals surface area (Å²) in [6, 6.07) is 6.74. The second-order valence-electron chi connectivity index (χ2n) is 5.56. The third-order valence-corrected chi connectivity index (χ3v) is 3.58. The summed E-state index contributed by atoms with van der Waals surface area (Å²) in [5.41, 5.74) is 1.20. The average Bonchev–Trinajstić information content (AvgIpc) is 3.31. The number of benzene rings is 1. The number of nitrogens with zero attached hydrogens (tertiary/aromatic N) is 1. The first-order valence-corrected chi connectivity index (χ1v) is 7.35. The van der Waals surface area contributed by atoms with Crippen LogP contribution in [0.3, 0.4) is 0 Å². The molecule has 118 valence electrons. The molecule has 6 nitrogen and oxygen atoms in total. The molecule has 22 heavy (non-hydrogen) atoms. The zero-order valence-electron chi connectivity index (χ0n) is 12.5. The molecule has 1 aromatic carbocycles. The normalized spacial score (nSPS) is 13.5. The van der Waals surface area contributed by atoms with Gasteiger partial charge in [0.2, 0.25) is 5.91 Å². The van der Waals surface area contributed by atoms with E-state index in [1.165, 1.54) is 4.90 Å². The van der Waals surface area contributed by atoms with E-state index >= 15 is 0 Å². The van der Waals surface area contributed by atoms with Crippen molar-refractivity contribution in [1.29, 1.82) is 0 Å². The number of carboxylic acids is 1. The average molecular weight is 304 g/mol. The molecular weight excluding hydrogens is 284 g/mol. The van der Waals surface area contributed by atoms with E-state index in [0.29, 0.717) is 24.2 Å². The van der Waals surface area contributed by atoms with Crippen molar-refractivity contribution < 1.29 is 19.5 Å². The van der Waals surface area contributed by atoms with Crippen molar-refractivity contribution in [3.05, 3.63) is 29.8 Å². The molecule has 1 aliphatic rings. The van der Waals surface area contributed by atoms with E-state index in [0.717, 1.165) is 12.8 Å². The highest BCUT2D eigenvalue weighted by molar-refractivity contribution is 5.96. The van der Waals surface area contributed by atoms with E-state index < -0.39 is 5.97 Å². The van der Waals surface area contributed by atoms with Gasteiger partial charge in [0.05, 0.1) is 0 Å². The molecule has 1 aliphatic carbocycles. The summed E-state index contributed by atoms with van der Waals surface area (Å²) in [6.07, 6.45) is 2.37. The minimum Gasteiger partial charge on any atom is -0.481 e. The van der Waals surface area contributed by atoms with E-state index in [1.807, 2.05) is 0 Å². The molecule has 2 rings (SSSR count). The van der Waals surface area contributed by atoms with E-state index in [9.17, 15) is 14.4 Å². The van der Waals surface area contributed by atoms with Gasteiger partial charge in [0.15, 0.2) is 0 Å². The van der Waals surface area contributed by atoms with Crippen LogP contribution in [0.5, 0.6) is 0 Å². The van der Waals surface area contributed by atoms with Crippen LogP contribution in [0.25, 0.3) is 0 Å². The zero-order valence-corrected chi connectivity index (χ0v) is 12.5. The maximum absolute atomic E-state index is 12.2. The van der Waals surface area contributed by atoms with E-state index in [4.69, 9.17) is 5.11 Å². The highest BCUT2D eigenvalue weighted by Crippen LogP contribution is 2.30. The Kier molecular flexibility index (Phi) is 5.14. The smallest absolute Gasteiger partial charge is 0.303 e. The first kappa shape index (κ1) is 16.0. The number of hydrogen-bond donors (Lipinski definition) is 2. The Bertz CT molecular complexity index is 564. The van der Waals surface area contributed by atoms with Gasteiger partial charge >= 0.3 is 5.97 Å². The highest BCUT2D eigenvalue weighted by Gasteiger charge is 2.29. The summed E-state index contributed by atoms with van der Waals surface area (Å²) < 4.78 is 0. The number of carboxylic acid groups (broad SMARTS) is 1. The predicted octanol–water partition coefficient (Wildman–Crippen LogP) is 1.97. The second kappa shape index (κ2) is 7.06.